The topological polar surface area (TPSA) is 124 Å². The predicted octanol–water partition coefficient (Wildman–Crippen LogP) is 4.05. The van der Waals surface area contributed by atoms with Crippen LogP contribution in [0.2, 0.25) is 0 Å². The summed E-state index contributed by atoms with van der Waals surface area (Å²) in [6, 6.07) is 27.3. The first-order valence-corrected chi connectivity index (χ1v) is 12.6. The zero-order valence-corrected chi connectivity index (χ0v) is 21.3. The third-order valence-corrected chi connectivity index (χ3v) is 6.33. The van der Waals surface area contributed by atoms with Crippen molar-refractivity contribution in [2.45, 2.75) is 12.1 Å². The molecule has 2 N–H and O–H groups in total. The van der Waals surface area contributed by atoms with Gasteiger partial charge in [-0.25, -0.2) is 14.6 Å². The maximum absolute atomic E-state index is 13.3. The van der Waals surface area contributed by atoms with Gasteiger partial charge in [-0.3, -0.25) is 9.59 Å². The van der Waals surface area contributed by atoms with E-state index < -0.39 is 35.8 Å². The third-order valence-electron chi connectivity index (χ3n) is 6.33. The van der Waals surface area contributed by atoms with Crippen molar-refractivity contribution in [2.24, 2.45) is 0 Å². The number of ether oxygens (including phenoxy) is 2. The van der Waals surface area contributed by atoms with Crippen LogP contribution < -0.4 is 10.6 Å². The van der Waals surface area contributed by atoms with Crippen LogP contribution in [0.4, 0.5) is 0 Å². The van der Waals surface area contributed by atoms with Crippen LogP contribution in [0.1, 0.15) is 64.9 Å². The number of cyclic esters (lactones) is 2. The molecule has 5 rings (SSSR count). The zero-order valence-electron chi connectivity index (χ0n) is 21.3. The Morgan fingerprint density at radius 2 is 0.975 bits per heavy atom. The van der Waals surface area contributed by atoms with E-state index in [1.165, 1.54) is 24.3 Å². The molecule has 2 amide bonds. The summed E-state index contributed by atoms with van der Waals surface area (Å²) in [6.07, 6.45) is 0. The first-order valence-electron chi connectivity index (χ1n) is 12.6. The van der Waals surface area contributed by atoms with E-state index in [-0.39, 0.29) is 35.7 Å². The van der Waals surface area contributed by atoms with Crippen LogP contribution in [-0.4, -0.2) is 42.0 Å². The van der Waals surface area contributed by atoms with Crippen molar-refractivity contribution in [1.82, 2.24) is 15.6 Å². The molecule has 0 unspecified atom stereocenters. The monoisotopic (exact) mass is 535 g/mol. The van der Waals surface area contributed by atoms with E-state index in [1.807, 2.05) is 12.1 Å². The third kappa shape index (κ3) is 6.21. The highest BCUT2D eigenvalue weighted by Crippen LogP contribution is 2.18. The molecular weight excluding hydrogens is 510 g/mol. The highest BCUT2D eigenvalue weighted by Gasteiger charge is 2.23. The van der Waals surface area contributed by atoms with Gasteiger partial charge in [0.15, 0.2) is 0 Å². The number of hydrogen-bond donors (Lipinski definition) is 2. The zero-order chi connectivity index (χ0) is 27.9. The van der Waals surface area contributed by atoms with Gasteiger partial charge in [0.05, 0.1) is 12.1 Å². The summed E-state index contributed by atoms with van der Waals surface area (Å²) >= 11 is 0. The number of carbonyl (C=O) groups excluding carboxylic acids is 4. The second kappa shape index (κ2) is 12.0. The van der Waals surface area contributed by atoms with E-state index in [0.29, 0.717) is 11.1 Å². The van der Waals surface area contributed by atoms with Crippen molar-refractivity contribution < 1.29 is 28.7 Å². The van der Waals surface area contributed by atoms with E-state index in [1.54, 1.807) is 66.7 Å². The molecule has 200 valence electrons. The lowest BCUT2D eigenvalue weighted by atomic mass is 10.0. The van der Waals surface area contributed by atoms with E-state index in [9.17, 15) is 19.2 Å². The SMILES string of the molecule is O=C1N[C@@H](c2ccccc2)COC(=O)c2cccc(n2)C(=O)OC[C@H](c2ccccc2)NC(=O)c2cccc1c2. The summed E-state index contributed by atoms with van der Waals surface area (Å²) in [6.45, 7) is -0.381. The Labute approximate surface area is 230 Å². The van der Waals surface area contributed by atoms with Crippen LogP contribution in [0.15, 0.2) is 103 Å². The van der Waals surface area contributed by atoms with Gasteiger partial charge in [-0.1, -0.05) is 72.8 Å². The minimum absolute atomic E-state index is 0.0886. The van der Waals surface area contributed by atoms with E-state index in [2.05, 4.69) is 15.6 Å². The van der Waals surface area contributed by atoms with Gasteiger partial charge in [0.25, 0.3) is 11.8 Å². The number of aromatic nitrogens is 1. The Bertz CT molecular complexity index is 1430. The molecule has 3 aromatic carbocycles. The summed E-state index contributed by atoms with van der Waals surface area (Å²) in [5.41, 5.74) is 1.74. The van der Waals surface area contributed by atoms with Gasteiger partial charge < -0.3 is 20.1 Å². The molecule has 40 heavy (non-hydrogen) atoms. The summed E-state index contributed by atoms with van der Waals surface area (Å²) in [5, 5.41) is 5.78. The highest BCUT2D eigenvalue weighted by atomic mass is 16.5. The lowest BCUT2D eigenvalue weighted by Crippen LogP contribution is -2.34. The minimum atomic E-state index is -0.762. The molecule has 2 heterocycles. The molecule has 9 heteroatoms. The van der Waals surface area contributed by atoms with Crippen LogP contribution in [0.25, 0.3) is 0 Å². The fraction of sp³-hybridized carbons (Fsp3) is 0.129. The van der Waals surface area contributed by atoms with Gasteiger partial charge in [-0.2, -0.15) is 0 Å². The Morgan fingerprint density at radius 1 is 0.550 bits per heavy atom. The van der Waals surface area contributed by atoms with Gasteiger partial charge in [0, 0.05) is 11.1 Å². The predicted molar refractivity (Wildman–Crippen MR) is 145 cm³/mol. The van der Waals surface area contributed by atoms with Crippen molar-refractivity contribution in [3.05, 3.63) is 137 Å². The summed E-state index contributed by atoms with van der Waals surface area (Å²) in [7, 11) is 0. The fourth-order valence-corrected chi connectivity index (χ4v) is 4.23. The average Bonchev–Trinajstić information content (AvgIpc) is 3.01. The van der Waals surface area contributed by atoms with Gasteiger partial charge in [-0.05, 0) is 41.5 Å². The fourth-order valence-electron chi connectivity index (χ4n) is 4.23. The first kappa shape index (κ1) is 26.3. The van der Waals surface area contributed by atoms with Gasteiger partial charge in [0.2, 0.25) is 0 Å². The summed E-state index contributed by atoms with van der Waals surface area (Å²) in [4.78, 5) is 56.3. The molecule has 0 spiro atoms. The van der Waals surface area contributed by atoms with Crippen molar-refractivity contribution in [1.29, 1.82) is 0 Å². The van der Waals surface area contributed by atoms with Crippen LogP contribution in [0, 0.1) is 0 Å². The number of pyridine rings is 1. The molecule has 4 aromatic rings. The van der Waals surface area contributed by atoms with Crippen molar-refractivity contribution in [2.75, 3.05) is 13.2 Å². The van der Waals surface area contributed by atoms with Crippen LogP contribution in [0.3, 0.4) is 0 Å². The lowest BCUT2D eigenvalue weighted by molar-refractivity contribution is 0.0437. The molecule has 1 aliphatic heterocycles. The number of esters is 2. The maximum atomic E-state index is 13.3. The largest absolute Gasteiger partial charge is 0.458 e. The molecule has 2 atom stereocenters. The maximum Gasteiger partial charge on any atom is 0.357 e. The highest BCUT2D eigenvalue weighted by molar-refractivity contribution is 6.00. The van der Waals surface area contributed by atoms with Crippen LogP contribution >= 0.6 is 0 Å². The number of hydrogen-bond acceptors (Lipinski definition) is 7. The first-order chi connectivity index (χ1) is 19.5. The number of nitrogens with one attached hydrogen (secondary N) is 2. The smallest absolute Gasteiger partial charge is 0.357 e. The van der Waals surface area contributed by atoms with Crippen molar-refractivity contribution in [3.8, 4) is 0 Å². The molecule has 9 nitrogen and oxygen atoms in total. The molecule has 0 saturated carbocycles. The normalized spacial score (nSPS) is 18.3. The average molecular weight is 536 g/mol. The van der Waals surface area contributed by atoms with E-state index in [0.717, 1.165) is 0 Å². The number of fused-ring (bicyclic) bond motifs is 4. The molecule has 0 aliphatic carbocycles. The van der Waals surface area contributed by atoms with Crippen LogP contribution in [-0.2, 0) is 9.47 Å². The standard InChI is InChI=1S/C31H25N3O6/c35-28-22-13-7-14-23(17-22)29(36)34-27(21-11-5-2-6-12-21)19-40-31(38)25-16-8-15-24(32-25)30(37)39-18-26(33-28)20-9-3-1-4-10-20/h1-17,26-27H,18-19H2,(H,33,35)(H,34,36)/t26-,27-/m1/s1. The lowest BCUT2D eigenvalue weighted by Gasteiger charge is -2.21. The molecule has 1 aliphatic rings. The number of carbonyl (C=O) groups is 4. The van der Waals surface area contributed by atoms with Gasteiger partial charge >= 0.3 is 11.9 Å². The second-order valence-electron chi connectivity index (χ2n) is 9.06. The number of amides is 2. The van der Waals surface area contributed by atoms with Crippen molar-refractivity contribution >= 4 is 23.8 Å². The van der Waals surface area contributed by atoms with Crippen LogP contribution in [0.5, 0.6) is 0 Å². The van der Waals surface area contributed by atoms with E-state index in [4.69, 9.17) is 9.47 Å². The van der Waals surface area contributed by atoms with Crippen molar-refractivity contribution in [3.63, 3.8) is 0 Å². The minimum Gasteiger partial charge on any atom is -0.458 e. The van der Waals surface area contributed by atoms with Gasteiger partial charge in [0.1, 0.15) is 24.6 Å². The Kier molecular flexibility index (Phi) is 7.92. The molecular formula is C31H25N3O6. The Balaban J connectivity index is 1.51. The second-order valence-corrected chi connectivity index (χ2v) is 9.06. The molecule has 0 radical (unpaired) electrons. The number of benzene rings is 3. The summed E-state index contributed by atoms with van der Waals surface area (Å²) < 4.78 is 11.0. The molecule has 1 aromatic heterocycles. The number of rotatable bonds is 2. The Morgan fingerprint density at radius 3 is 1.43 bits per heavy atom. The molecule has 0 saturated heterocycles. The molecule has 4 bridgehead atoms. The quantitative estimate of drug-likeness (QED) is 0.371. The van der Waals surface area contributed by atoms with E-state index >= 15 is 0 Å². The van der Waals surface area contributed by atoms with Gasteiger partial charge in [-0.15, -0.1) is 0 Å². The molecule has 0 fully saturated rings. The Hall–Kier alpha value is -5.31. The number of nitrogens with zero attached hydrogens (tertiary/aromatic N) is 1. The summed E-state index contributed by atoms with van der Waals surface area (Å²) in [5.74, 6) is -2.42.